The van der Waals surface area contributed by atoms with Gasteiger partial charge < -0.3 is 15.2 Å². The number of halogens is 2. The van der Waals surface area contributed by atoms with E-state index in [9.17, 15) is 13.6 Å². The monoisotopic (exact) mass is 335 g/mol. The van der Waals surface area contributed by atoms with E-state index in [0.717, 1.165) is 19.0 Å². The number of rotatable bonds is 4. The number of carbonyl (C=O) groups excluding carboxylic acids is 1. The van der Waals surface area contributed by atoms with E-state index in [1.54, 1.807) is 19.1 Å². The van der Waals surface area contributed by atoms with Gasteiger partial charge in [0.15, 0.2) is 11.6 Å². The third-order valence-corrected chi connectivity index (χ3v) is 4.22. The first-order valence-electron chi connectivity index (χ1n) is 7.90. The number of aromatic nitrogens is 1. The van der Waals surface area contributed by atoms with Crippen molar-refractivity contribution in [3.63, 3.8) is 0 Å². The number of benzene rings is 1. The lowest BCUT2D eigenvalue weighted by Crippen LogP contribution is -2.50. The predicted octanol–water partition coefficient (Wildman–Crippen LogP) is 2.07. The number of carbonyl (C=O) groups is 1. The minimum Gasteiger partial charge on any atom is -0.361 e. The van der Waals surface area contributed by atoms with Gasteiger partial charge in [0.1, 0.15) is 5.76 Å². The maximum atomic E-state index is 13.5. The molecule has 2 aromatic rings. The Bertz CT molecular complexity index is 732. The summed E-state index contributed by atoms with van der Waals surface area (Å²) in [5.41, 5.74) is 1.26. The summed E-state index contributed by atoms with van der Waals surface area (Å²) in [6.45, 7) is 3.10. The first kappa shape index (κ1) is 16.6. The molecule has 1 amide bonds. The van der Waals surface area contributed by atoms with Crippen molar-refractivity contribution < 1.29 is 18.1 Å². The zero-order valence-electron chi connectivity index (χ0n) is 13.3. The molecular formula is C17H19F2N3O2. The van der Waals surface area contributed by atoms with Crippen LogP contribution < -0.4 is 10.6 Å². The van der Waals surface area contributed by atoms with Gasteiger partial charge in [-0.3, -0.25) is 4.79 Å². The largest absolute Gasteiger partial charge is 0.361 e. The van der Waals surface area contributed by atoms with Gasteiger partial charge in [0.25, 0.3) is 0 Å². The fraction of sp³-hybridized carbons (Fsp3) is 0.412. The maximum Gasteiger partial charge on any atom is 0.226 e. The lowest BCUT2D eigenvalue weighted by atomic mass is 9.86. The van der Waals surface area contributed by atoms with E-state index in [0.29, 0.717) is 23.6 Å². The van der Waals surface area contributed by atoms with Crippen LogP contribution in [-0.4, -0.2) is 30.2 Å². The van der Waals surface area contributed by atoms with Crippen molar-refractivity contribution in [2.24, 2.45) is 0 Å². The zero-order chi connectivity index (χ0) is 17.1. The molecule has 1 aromatic carbocycles. The molecule has 0 saturated carbocycles. The molecule has 0 aliphatic carbocycles. The average Bonchev–Trinajstić information content (AvgIpc) is 2.95. The van der Waals surface area contributed by atoms with E-state index < -0.39 is 11.6 Å². The van der Waals surface area contributed by atoms with Crippen LogP contribution in [0, 0.1) is 18.6 Å². The molecule has 1 saturated heterocycles. The quantitative estimate of drug-likeness (QED) is 0.898. The van der Waals surface area contributed by atoms with Gasteiger partial charge in [0.05, 0.1) is 12.1 Å². The Morgan fingerprint density at radius 2 is 2.21 bits per heavy atom. The Morgan fingerprint density at radius 1 is 1.38 bits per heavy atom. The summed E-state index contributed by atoms with van der Waals surface area (Å²) >= 11 is 0. The molecular weight excluding hydrogens is 316 g/mol. The van der Waals surface area contributed by atoms with Crippen molar-refractivity contribution >= 4 is 5.91 Å². The second-order valence-electron chi connectivity index (χ2n) is 6.05. The zero-order valence-corrected chi connectivity index (χ0v) is 13.3. The Morgan fingerprint density at radius 3 is 2.92 bits per heavy atom. The molecule has 1 aromatic heterocycles. The molecule has 24 heavy (non-hydrogen) atoms. The molecule has 3 rings (SSSR count). The maximum absolute atomic E-state index is 13.5. The molecule has 5 nitrogen and oxygen atoms in total. The third kappa shape index (κ3) is 3.79. The highest BCUT2D eigenvalue weighted by Crippen LogP contribution is 2.27. The van der Waals surface area contributed by atoms with Gasteiger partial charge in [0, 0.05) is 24.6 Å². The van der Waals surface area contributed by atoms with Crippen LogP contribution in [0.5, 0.6) is 0 Å². The Balaban J connectivity index is 1.69. The fourth-order valence-corrected chi connectivity index (χ4v) is 3.08. The summed E-state index contributed by atoms with van der Waals surface area (Å²) in [4.78, 5) is 12.2. The van der Waals surface area contributed by atoms with Crippen LogP contribution in [0.4, 0.5) is 8.78 Å². The Kier molecular flexibility index (Phi) is 4.89. The SMILES string of the molecule is Cc1cc(CC(=O)NC2CNCCC2c2ccc(F)c(F)c2)no1. The lowest BCUT2D eigenvalue weighted by Gasteiger charge is -2.33. The molecule has 2 heterocycles. The molecule has 2 atom stereocenters. The van der Waals surface area contributed by atoms with Gasteiger partial charge in [-0.25, -0.2) is 8.78 Å². The summed E-state index contributed by atoms with van der Waals surface area (Å²) in [5.74, 6) is -1.32. The van der Waals surface area contributed by atoms with Crippen molar-refractivity contribution in [1.82, 2.24) is 15.8 Å². The number of aryl methyl sites for hydroxylation is 1. The van der Waals surface area contributed by atoms with Gasteiger partial charge in [-0.1, -0.05) is 11.2 Å². The van der Waals surface area contributed by atoms with Gasteiger partial charge in [-0.2, -0.15) is 0 Å². The standard InChI is InChI=1S/C17H19F2N3O2/c1-10-6-12(22-24-10)8-17(23)21-16-9-20-5-4-13(16)11-2-3-14(18)15(19)7-11/h2-3,6-7,13,16,20H,4-5,8-9H2,1H3,(H,21,23). The number of nitrogens with one attached hydrogen (secondary N) is 2. The molecule has 1 fully saturated rings. The lowest BCUT2D eigenvalue weighted by molar-refractivity contribution is -0.121. The number of amides is 1. The fourth-order valence-electron chi connectivity index (χ4n) is 3.08. The summed E-state index contributed by atoms with van der Waals surface area (Å²) in [5, 5.41) is 9.98. The highest BCUT2D eigenvalue weighted by molar-refractivity contribution is 5.78. The summed E-state index contributed by atoms with van der Waals surface area (Å²) < 4.78 is 31.6. The Labute approximate surface area is 138 Å². The molecule has 2 unspecified atom stereocenters. The summed E-state index contributed by atoms with van der Waals surface area (Å²) in [6.07, 6.45) is 0.859. The molecule has 1 aliphatic heterocycles. The van der Waals surface area contributed by atoms with Crippen molar-refractivity contribution in [2.45, 2.75) is 31.7 Å². The smallest absolute Gasteiger partial charge is 0.226 e. The number of hydrogen-bond acceptors (Lipinski definition) is 4. The summed E-state index contributed by atoms with van der Waals surface area (Å²) in [7, 11) is 0. The minimum absolute atomic E-state index is 0.0654. The molecule has 1 aliphatic rings. The first-order valence-corrected chi connectivity index (χ1v) is 7.90. The predicted molar refractivity (Wildman–Crippen MR) is 83.5 cm³/mol. The average molecular weight is 335 g/mol. The van der Waals surface area contributed by atoms with Crippen LogP contribution in [-0.2, 0) is 11.2 Å². The van der Waals surface area contributed by atoms with E-state index in [4.69, 9.17) is 4.52 Å². The molecule has 2 N–H and O–H groups in total. The summed E-state index contributed by atoms with van der Waals surface area (Å²) in [6, 6.07) is 5.44. The molecule has 0 spiro atoms. The van der Waals surface area contributed by atoms with Crippen molar-refractivity contribution in [3.8, 4) is 0 Å². The van der Waals surface area contributed by atoms with Gasteiger partial charge in [-0.15, -0.1) is 0 Å². The third-order valence-electron chi connectivity index (χ3n) is 4.22. The van der Waals surface area contributed by atoms with Crippen LogP contribution in [0.1, 0.15) is 29.4 Å². The van der Waals surface area contributed by atoms with Crippen LogP contribution in [0.15, 0.2) is 28.8 Å². The van der Waals surface area contributed by atoms with E-state index in [-0.39, 0.29) is 24.3 Å². The van der Waals surface area contributed by atoms with E-state index in [1.165, 1.54) is 6.07 Å². The first-order chi connectivity index (χ1) is 11.5. The van der Waals surface area contributed by atoms with Gasteiger partial charge in [0.2, 0.25) is 5.91 Å². The highest BCUT2D eigenvalue weighted by atomic mass is 19.2. The van der Waals surface area contributed by atoms with Gasteiger partial charge in [-0.05, 0) is 37.6 Å². The van der Waals surface area contributed by atoms with E-state index >= 15 is 0 Å². The van der Waals surface area contributed by atoms with Crippen molar-refractivity contribution in [2.75, 3.05) is 13.1 Å². The van der Waals surface area contributed by atoms with Gasteiger partial charge >= 0.3 is 0 Å². The van der Waals surface area contributed by atoms with Crippen molar-refractivity contribution in [1.29, 1.82) is 0 Å². The Hall–Kier alpha value is -2.28. The highest BCUT2D eigenvalue weighted by Gasteiger charge is 2.28. The van der Waals surface area contributed by atoms with Crippen LogP contribution in [0.3, 0.4) is 0 Å². The van der Waals surface area contributed by atoms with Crippen LogP contribution >= 0.6 is 0 Å². The van der Waals surface area contributed by atoms with Crippen LogP contribution in [0.25, 0.3) is 0 Å². The second kappa shape index (κ2) is 7.09. The van der Waals surface area contributed by atoms with E-state index in [1.807, 2.05) is 0 Å². The van der Waals surface area contributed by atoms with E-state index in [2.05, 4.69) is 15.8 Å². The number of piperidine rings is 1. The molecule has 0 bridgehead atoms. The van der Waals surface area contributed by atoms with Crippen LogP contribution in [0.2, 0.25) is 0 Å². The van der Waals surface area contributed by atoms with Crippen molar-refractivity contribution in [3.05, 3.63) is 52.9 Å². The minimum atomic E-state index is -0.866. The normalized spacial score (nSPS) is 20.8. The molecule has 7 heteroatoms. The second-order valence-corrected chi connectivity index (χ2v) is 6.05. The number of hydrogen-bond donors (Lipinski definition) is 2. The number of nitrogens with zero attached hydrogens (tertiary/aromatic N) is 1. The molecule has 0 radical (unpaired) electrons. The molecule has 128 valence electrons. The topological polar surface area (TPSA) is 67.2 Å².